The van der Waals surface area contributed by atoms with E-state index >= 15 is 0 Å². The van der Waals surface area contributed by atoms with Crippen molar-refractivity contribution >= 4 is 0 Å². The van der Waals surface area contributed by atoms with Crippen LogP contribution in [-0.4, -0.2) is 21.8 Å². The monoisotopic (exact) mass is 216 g/mol. The quantitative estimate of drug-likeness (QED) is 0.724. The normalized spacial score (nSPS) is 31.9. The van der Waals surface area contributed by atoms with Crippen LogP contribution in [0.15, 0.2) is 36.8 Å². The van der Waals surface area contributed by atoms with Crippen LogP contribution in [-0.2, 0) is 11.3 Å². The predicted octanol–water partition coefficient (Wildman–Crippen LogP) is 2.09. The Hall–Kier alpha value is -1.35. The smallest absolute Gasteiger partial charge is 0.116 e. The number of allylic oxidation sites excluding steroid dienone is 3. The van der Waals surface area contributed by atoms with E-state index in [2.05, 4.69) is 40.1 Å². The molecule has 2 atom stereocenters. The van der Waals surface area contributed by atoms with Crippen LogP contribution < -0.4 is 0 Å². The largest absolute Gasteiger partial charge is 0.367 e. The maximum absolute atomic E-state index is 5.72. The van der Waals surface area contributed by atoms with Gasteiger partial charge in [-0.2, -0.15) is 0 Å². The third-order valence-electron chi connectivity index (χ3n) is 3.38. The first kappa shape index (κ1) is 9.85. The minimum absolute atomic E-state index is 0.0222. The van der Waals surface area contributed by atoms with Crippen LogP contribution in [0.3, 0.4) is 0 Å². The number of ether oxygens (including phenoxy) is 1. The molecule has 0 bridgehead atoms. The predicted molar refractivity (Wildman–Crippen MR) is 62.0 cm³/mol. The summed E-state index contributed by atoms with van der Waals surface area (Å²) in [6, 6.07) is 0. The molecule has 0 spiro atoms. The summed E-state index contributed by atoms with van der Waals surface area (Å²) in [7, 11) is 0. The zero-order chi connectivity index (χ0) is 11.0. The second kappa shape index (κ2) is 3.59. The fourth-order valence-corrected chi connectivity index (χ4v) is 2.35. The second-order valence-corrected chi connectivity index (χ2v) is 4.70. The molecule has 3 rings (SSSR count). The van der Waals surface area contributed by atoms with Gasteiger partial charge in [0, 0.05) is 12.1 Å². The number of hydrogen-bond acceptors (Lipinski definition) is 2. The molecule has 0 radical (unpaired) electrons. The number of hydrogen-bond donors (Lipinski definition) is 0. The summed E-state index contributed by atoms with van der Waals surface area (Å²) in [5.41, 5.74) is 1.09. The van der Waals surface area contributed by atoms with Crippen LogP contribution >= 0.6 is 0 Å². The highest BCUT2D eigenvalue weighted by Crippen LogP contribution is 2.40. The number of rotatable bonds is 3. The number of aromatic nitrogens is 2. The van der Waals surface area contributed by atoms with Crippen molar-refractivity contribution in [2.24, 2.45) is 5.92 Å². The lowest BCUT2D eigenvalue weighted by molar-refractivity contribution is 0.219. The average molecular weight is 216 g/mol. The fraction of sp³-hybridized carbons (Fsp3) is 0.462. The van der Waals surface area contributed by atoms with Gasteiger partial charge >= 0.3 is 0 Å². The zero-order valence-corrected chi connectivity index (χ0v) is 9.47. The van der Waals surface area contributed by atoms with Gasteiger partial charge in [0.15, 0.2) is 0 Å². The number of nitrogens with zero attached hydrogens (tertiary/aromatic N) is 2. The van der Waals surface area contributed by atoms with E-state index in [1.165, 1.54) is 0 Å². The summed E-state index contributed by atoms with van der Waals surface area (Å²) < 4.78 is 7.85. The van der Waals surface area contributed by atoms with E-state index in [0.29, 0.717) is 5.92 Å². The summed E-state index contributed by atoms with van der Waals surface area (Å²) in [4.78, 5) is 4.25. The van der Waals surface area contributed by atoms with Crippen molar-refractivity contribution in [3.63, 3.8) is 0 Å². The Balaban J connectivity index is 1.74. The molecule has 0 saturated carbocycles. The van der Waals surface area contributed by atoms with Gasteiger partial charge in [-0.25, -0.2) is 4.98 Å². The van der Waals surface area contributed by atoms with Gasteiger partial charge in [0.2, 0.25) is 0 Å². The first-order chi connectivity index (χ1) is 7.78. The van der Waals surface area contributed by atoms with Crippen LogP contribution in [0.2, 0.25) is 0 Å². The van der Waals surface area contributed by atoms with Gasteiger partial charge in [0.05, 0.1) is 25.2 Å². The first-order valence-electron chi connectivity index (χ1n) is 5.74. The van der Waals surface area contributed by atoms with Gasteiger partial charge in [-0.15, -0.1) is 0 Å². The van der Waals surface area contributed by atoms with Gasteiger partial charge in [0.25, 0.3) is 0 Å². The SMILES string of the molecule is Cc1cn(CC2(C3C=CC=CC3)CO2)cn1. The van der Waals surface area contributed by atoms with Gasteiger partial charge in [-0.3, -0.25) is 0 Å². The molecule has 0 amide bonds. The molecular formula is C13H16N2O. The summed E-state index contributed by atoms with van der Waals surface area (Å²) in [5, 5.41) is 0. The molecule has 1 aromatic heterocycles. The molecule has 1 fully saturated rings. The highest BCUT2D eigenvalue weighted by molar-refractivity contribution is 5.18. The van der Waals surface area contributed by atoms with Crippen molar-refractivity contribution in [2.45, 2.75) is 25.5 Å². The van der Waals surface area contributed by atoms with Gasteiger partial charge in [-0.1, -0.05) is 24.3 Å². The lowest BCUT2D eigenvalue weighted by Crippen LogP contribution is -2.28. The molecule has 1 aromatic rings. The standard InChI is InChI=1S/C13H16N2O/c1-11-7-15(10-14-11)8-13(9-16-13)12-5-3-2-4-6-12/h2-5,7,10,12H,6,8-9H2,1H3. The van der Waals surface area contributed by atoms with Gasteiger partial charge in [0.1, 0.15) is 5.60 Å². The molecule has 2 aliphatic rings. The Morgan fingerprint density at radius 1 is 1.56 bits per heavy atom. The van der Waals surface area contributed by atoms with Crippen molar-refractivity contribution in [3.8, 4) is 0 Å². The van der Waals surface area contributed by atoms with Crippen molar-refractivity contribution in [2.75, 3.05) is 6.61 Å². The highest BCUT2D eigenvalue weighted by atomic mass is 16.6. The lowest BCUT2D eigenvalue weighted by Gasteiger charge is -2.21. The van der Waals surface area contributed by atoms with Crippen LogP contribution in [0.4, 0.5) is 0 Å². The summed E-state index contributed by atoms with van der Waals surface area (Å²) in [5.74, 6) is 0.514. The number of imidazole rings is 1. The molecule has 2 heterocycles. The van der Waals surface area contributed by atoms with Crippen LogP contribution in [0.1, 0.15) is 12.1 Å². The molecular weight excluding hydrogens is 200 g/mol. The van der Waals surface area contributed by atoms with E-state index < -0.39 is 0 Å². The van der Waals surface area contributed by atoms with E-state index in [1.54, 1.807) is 0 Å². The molecule has 1 aliphatic carbocycles. The maximum Gasteiger partial charge on any atom is 0.116 e. The molecule has 3 nitrogen and oxygen atoms in total. The van der Waals surface area contributed by atoms with E-state index in [1.807, 2.05) is 13.3 Å². The zero-order valence-electron chi connectivity index (χ0n) is 9.47. The molecule has 2 unspecified atom stereocenters. The summed E-state index contributed by atoms with van der Waals surface area (Å²) in [6.45, 7) is 3.80. The molecule has 0 aromatic carbocycles. The fourth-order valence-electron chi connectivity index (χ4n) is 2.35. The van der Waals surface area contributed by atoms with Crippen LogP contribution in [0, 0.1) is 12.8 Å². The minimum Gasteiger partial charge on any atom is -0.367 e. The molecule has 1 saturated heterocycles. The molecule has 1 aliphatic heterocycles. The van der Waals surface area contributed by atoms with Crippen LogP contribution in [0.5, 0.6) is 0 Å². The third kappa shape index (κ3) is 1.71. The van der Waals surface area contributed by atoms with Crippen molar-refractivity contribution in [1.82, 2.24) is 9.55 Å². The lowest BCUT2D eigenvalue weighted by atomic mass is 9.87. The highest BCUT2D eigenvalue weighted by Gasteiger charge is 2.50. The van der Waals surface area contributed by atoms with Crippen molar-refractivity contribution < 1.29 is 4.74 Å². The minimum atomic E-state index is 0.0222. The molecule has 3 heteroatoms. The Morgan fingerprint density at radius 2 is 2.44 bits per heavy atom. The average Bonchev–Trinajstić information content (AvgIpc) is 2.98. The van der Waals surface area contributed by atoms with Crippen molar-refractivity contribution in [1.29, 1.82) is 0 Å². The van der Waals surface area contributed by atoms with Crippen molar-refractivity contribution in [3.05, 3.63) is 42.5 Å². The summed E-state index contributed by atoms with van der Waals surface area (Å²) >= 11 is 0. The van der Waals surface area contributed by atoms with E-state index in [-0.39, 0.29) is 5.60 Å². The van der Waals surface area contributed by atoms with E-state index in [0.717, 1.165) is 25.3 Å². The Morgan fingerprint density at radius 3 is 3.00 bits per heavy atom. The Kier molecular flexibility index (Phi) is 2.21. The van der Waals surface area contributed by atoms with Crippen LogP contribution in [0.25, 0.3) is 0 Å². The summed E-state index contributed by atoms with van der Waals surface area (Å²) in [6.07, 6.45) is 13.8. The second-order valence-electron chi connectivity index (χ2n) is 4.70. The van der Waals surface area contributed by atoms with E-state index in [9.17, 15) is 0 Å². The molecule has 0 N–H and O–H groups in total. The molecule has 16 heavy (non-hydrogen) atoms. The molecule has 84 valence electrons. The number of aryl methyl sites for hydroxylation is 1. The third-order valence-corrected chi connectivity index (χ3v) is 3.38. The van der Waals surface area contributed by atoms with Gasteiger partial charge in [-0.05, 0) is 13.3 Å². The topological polar surface area (TPSA) is 30.4 Å². The number of epoxide rings is 1. The van der Waals surface area contributed by atoms with Gasteiger partial charge < -0.3 is 9.30 Å². The first-order valence-corrected chi connectivity index (χ1v) is 5.74. The Labute approximate surface area is 95.4 Å². The maximum atomic E-state index is 5.72. The Bertz CT molecular complexity index is 441. The van der Waals surface area contributed by atoms with E-state index in [4.69, 9.17) is 4.74 Å².